The van der Waals surface area contributed by atoms with Crippen molar-refractivity contribution < 1.29 is 26.3 Å². The van der Waals surface area contributed by atoms with Crippen molar-refractivity contribution in [2.75, 3.05) is 47.4 Å². The van der Waals surface area contributed by atoms with E-state index in [9.17, 15) is 21.6 Å². The maximum absolute atomic E-state index is 13.6. The molecule has 1 aromatic heterocycles. The number of piperazine rings is 1. The summed E-state index contributed by atoms with van der Waals surface area (Å²) in [6, 6.07) is 9.32. The fourth-order valence-corrected chi connectivity index (χ4v) is 6.40. The van der Waals surface area contributed by atoms with Crippen LogP contribution in [0.15, 0.2) is 42.6 Å². The average Bonchev–Trinajstić information content (AvgIpc) is 3.25. The smallest absolute Gasteiger partial charge is 0.281 e. The average molecular weight is 538 g/mol. The van der Waals surface area contributed by atoms with Gasteiger partial charge in [-0.25, -0.2) is 17.9 Å². The number of ether oxygens (including phenoxy) is 1. The first-order valence-electron chi connectivity index (χ1n) is 12.1. The standard InChI is InChI=1S/C25H30F3N5O3S/c1-30(2)37(34,35)32-9-8-31(15-17-12-25(27,28)13-17)23(16-32)21-10-18-14-29-33(22(18)11-24(21)36-3)20-6-4-19(26)5-7-20/h4-7,10-11,14,17,23H,8-9,12-13,15-16H2,1-3H3. The highest BCUT2D eigenvalue weighted by Gasteiger charge is 2.47. The Hall–Kier alpha value is -2.67. The van der Waals surface area contributed by atoms with Gasteiger partial charge in [-0.15, -0.1) is 0 Å². The minimum atomic E-state index is -3.67. The molecule has 37 heavy (non-hydrogen) atoms. The SMILES string of the molecule is COc1cc2c(cnn2-c2ccc(F)cc2)cc1C1CN(S(=O)(=O)N(C)C)CCN1CC1CC(F)(F)C1. The second-order valence-corrected chi connectivity index (χ2v) is 12.1. The van der Waals surface area contributed by atoms with Crippen LogP contribution in [-0.4, -0.2) is 85.0 Å². The third-order valence-electron chi connectivity index (χ3n) is 7.26. The van der Waals surface area contributed by atoms with E-state index in [1.807, 2.05) is 12.1 Å². The highest BCUT2D eigenvalue weighted by molar-refractivity contribution is 7.86. The predicted molar refractivity (Wildman–Crippen MR) is 134 cm³/mol. The fraction of sp³-hybridized carbons (Fsp3) is 0.480. The van der Waals surface area contributed by atoms with E-state index in [2.05, 4.69) is 10.00 Å². The molecule has 12 heteroatoms. The summed E-state index contributed by atoms with van der Waals surface area (Å²) in [5.41, 5.74) is 2.18. The number of hydrogen-bond donors (Lipinski definition) is 0. The highest BCUT2D eigenvalue weighted by Crippen LogP contribution is 2.44. The molecule has 1 aliphatic carbocycles. The zero-order valence-corrected chi connectivity index (χ0v) is 21.8. The number of alkyl halides is 2. The molecule has 0 N–H and O–H groups in total. The second kappa shape index (κ2) is 9.57. The highest BCUT2D eigenvalue weighted by atomic mass is 32.2. The van der Waals surface area contributed by atoms with Crippen molar-refractivity contribution >= 4 is 21.1 Å². The first-order valence-corrected chi connectivity index (χ1v) is 13.5. The molecule has 1 unspecified atom stereocenters. The van der Waals surface area contributed by atoms with Gasteiger partial charge < -0.3 is 4.74 Å². The van der Waals surface area contributed by atoms with Crippen LogP contribution in [0.3, 0.4) is 0 Å². The van der Waals surface area contributed by atoms with Gasteiger partial charge in [-0.2, -0.15) is 22.1 Å². The molecule has 2 aromatic carbocycles. The lowest BCUT2D eigenvalue weighted by Gasteiger charge is -2.45. The van der Waals surface area contributed by atoms with Crippen LogP contribution in [0, 0.1) is 11.7 Å². The number of hydrogen-bond acceptors (Lipinski definition) is 5. The fourth-order valence-electron chi connectivity index (χ4n) is 5.29. The number of nitrogens with zero attached hydrogens (tertiary/aromatic N) is 5. The van der Waals surface area contributed by atoms with Crippen LogP contribution in [0.5, 0.6) is 5.75 Å². The Labute approximate surface area is 214 Å². The molecule has 8 nitrogen and oxygen atoms in total. The summed E-state index contributed by atoms with van der Waals surface area (Å²) >= 11 is 0. The lowest BCUT2D eigenvalue weighted by molar-refractivity contribution is -0.120. The van der Waals surface area contributed by atoms with E-state index in [0.717, 1.165) is 16.5 Å². The van der Waals surface area contributed by atoms with Crippen LogP contribution in [0.25, 0.3) is 16.6 Å². The molecular formula is C25H30F3N5O3S. The van der Waals surface area contributed by atoms with Crippen molar-refractivity contribution in [3.63, 3.8) is 0 Å². The van der Waals surface area contributed by atoms with Crippen LogP contribution in [0.1, 0.15) is 24.4 Å². The van der Waals surface area contributed by atoms with Crippen molar-refractivity contribution in [1.82, 2.24) is 23.3 Å². The quantitative estimate of drug-likeness (QED) is 0.460. The molecule has 0 bridgehead atoms. The monoisotopic (exact) mass is 537 g/mol. The molecule has 5 rings (SSSR count). The molecule has 1 saturated heterocycles. The molecule has 0 amide bonds. The summed E-state index contributed by atoms with van der Waals surface area (Å²) in [4.78, 5) is 2.09. The number of halogens is 3. The molecule has 0 spiro atoms. The van der Waals surface area contributed by atoms with E-state index >= 15 is 0 Å². The van der Waals surface area contributed by atoms with Gasteiger partial charge in [0.2, 0.25) is 5.92 Å². The number of rotatable bonds is 7. The van der Waals surface area contributed by atoms with Gasteiger partial charge in [-0.3, -0.25) is 4.90 Å². The predicted octanol–water partition coefficient (Wildman–Crippen LogP) is 3.68. The van der Waals surface area contributed by atoms with E-state index in [1.54, 1.807) is 23.0 Å². The Kier molecular flexibility index (Phi) is 6.71. The molecule has 0 radical (unpaired) electrons. The summed E-state index contributed by atoms with van der Waals surface area (Å²) in [5.74, 6) is -2.58. The normalized spacial score (nSPS) is 21.4. The topological polar surface area (TPSA) is 70.9 Å². The van der Waals surface area contributed by atoms with E-state index in [1.165, 1.54) is 41.9 Å². The van der Waals surface area contributed by atoms with E-state index in [4.69, 9.17) is 4.74 Å². The Bertz CT molecular complexity index is 1390. The summed E-state index contributed by atoms with van der Waals surface area (Å²) in [5, 5.41) is 5.26. The maximum atomic E-state index is 13.6. The lowest BCUT2D eigenvalue weighted by atomic mass is 9.80. The van der Waals surface area contributed by atoms with Crippen molar-refractivity contribution in [2.45, 2.75) is 24.8 Å². The third kappa shape index (κ3) is 4.95. The zero-order chi connectivity index (χ0) is 26.5. The van der Waals surface area contributed by atoms with Gasteiger partial charge in [-0.1, -0.05) is 0 Å². The summed E-state index contributed by atoms with van der Waals surface area (Å²) in [7, 11) is 0.850. The molecule has 200 valence electrons. The molecule has 1 atom stereocenters. The van der Waals surface area contributed by atoms with Crippen molar-refractivity contribution in [1.29, 1.82) is 0 Å². The third-order valence-corrected chi connectivity index (χ3v) is 9.17. The first kappa shape index (κ1) is 26.0. The number of fused-ring (bicyclic) bond motifs is 1. The molecule has 2 fully saturated rings. The van der Waals surface area contributed by atoms with Crippen LogP contribution in [0.2, 0.25) is 0 Å². The van der Waals surface area contributed by atoms with Gasteiger partial charge in [0.1, 0.15) is 11.6 Å². The molecular weight excluding hydrogens is 507 g/mol. The van der Waals surface area contributed by atoms with Crippen LogP contribution in [0.4, 0.5) is 13.2 Å². The molecule has 1 aliphatic heterocycles. The Morgan fingerprint density at radius 1 is 1.14 bits per heavy atom. The van der Waals surface area contributed by atoms with E-state index in [-0.39, 0.29) is 37.7 Å². The van der Waals surface area contributed by atoms with Crippen molar-refractivity contribution in [3.05, 3.63) is 54.0 Å². The van der Waals surface area contributed by atoms with Gasteiger partial charge in [-0.05, 0) is 36.2 Å². The van der Waals surface area contributed by atoms with Crippen LogP contribution in [-0.2, 0) is 10.2 Å². The minimum absolute atomic E-state index is 0.148. The maximum Gasteiger partial charge on any atom is 0.281 e. The molecule has 2 heterocycles. The summed E-state index contributed by atoms with van der Waals surface area (Å²) in [6.45, 7) is 1.30. The van der Waals surface area contributed by atoms with Crippen molar-refractivity contribution in [2.24, 2.45) is 5.92 Å². The minimum Gasteiger partial charge on any atom is -0.496 e. The zero-order valence-electron chi connectivity index (χ0n) is 20.9. The van der Waals surface area contributed by atoms with E-state index < -0.39 is 22.2 Å². The van der Waals surface area contributed by atoms with Gasteiger partial charge in [0.15, 0.2) is 0 Å². The van der Waals surface area contributed by atoms with E-state index in [0.29, 0.717) is 24.5 Å². The Morgan fingerprint density at radius 3 is 2.46 bits per heavy atom. The Morgan fingerprint density at radius 2 is 1.84 bits per heavy atom. The van der Waals surface area contributed by atoms with Crippen LogP contribution >= 0.6 is 0 Å². The summed E-state index contributed by atoms with van der Waals surface area (Å²) in [6.07, 6.45) is 1.38. The first-order chi connectivity index (χ1) is 17.5. The molecule has 1 saturated carbocycles. The molecule has 2 aliphatic rings. The lowest BCUT2D eigenvalue weighted by Crippen LogP contribution is -2.55. The number of methoxy groups -OCH3 is 1. The Balaban J connectivity index is 1.53. The number of aromatic nitrogens is 2. The van der Waals surface area contributed by atoms with Gasteiger partial charge >= 0.3 is 0 Å². The largest absolute Gasteiger partial charge is 0.496 e. The number of benzene rings is 2. The van der Waals surface area contributed by atoms with Crippen LogP contribution < -0.4 is 4.74 Å². The summed E-state index contributed by atoms with van der Waals surface area (Å²) < 4.78 is 76.5. The van der Waals surface area contributed by atoms with Gasteiger partial charge in [0.25, 0.3) is 10.2 Å². The van der Waals surface area contributed by atoms with Gasteiger partial charge in [0.05, 0.1) is 30.6 Å². The van der Waals surface area contributed by atoms with Gasteiger partial charge in [0, 0.05) is 70.1 Å². The molecule has 3 aromatic rings. The second-order valence-electron chi connectivity index (χ2n) is 9.97. The van der Waals surface area contributed by atoms with Crippen molar-refractivity contribution in [3.8, 4) is 11.4 Å².